The summed E-state index contributed by atoms with van der Waals surface area (Å²) in [5.74, 6) is 0.435. The van der Waals surface area contributed by atoms with Crippen LogP contribution in [0, 0.1) is 0 Å². The van der Waals surface area contributed by atoms with Crippen LogP contribution in [-0.2, 0) is 7.05 Å². The van der Waals surface area contributed by atoms with Crippen LogP contribution in [0.1, 0.15) is 23.3 Å². The van der Waals surface area contributed by atoms with Gasteiger partial charge in [0.15, 0.2) is 0 Å². The Morgan fingerprint density at radius 3 is 2.64 bits per heavy atom. The molecule has 0 radical (unpaired) electrons. The van der Waals surface area contributed by atoms with Gasteiger partial charge < -0.3 is 9.88 Å². The Kier molecular flexibility index (Phi) is 2.94. The lowest BCUT2D eigenvalue weighted by molar-refractivity contribution is 0.0944. The monoisotopic (exact) mass is 331 g/mol. The minimum Gasteiger partial charge on any atom is -0.348 e. The van der Waals surface area contributed by atoms with Gasteiger partial charge in [0.1, 0.15) is 5.69 Å². The Morgan fingerprint density at radius 1 is 1.12 bits per heavy atom. The molecule has 25 heavy (non-hydrogen) atoms. The number of rotatable bonds is 3. The van der Waals surface area contributed by atoms with Gasteiger partial charge in [-0.05, 0) is 31.0 Å². The van der Waals surface area contributed by atoms with Crippen molar-refractivity contribution < 1.29 is 4.79 Å². The number of aryl methyl sites for hydroxylation is 1. The first-order valence-corrected chi connectivity index (χ1v) is 8.41. The van der Waals surface area contributed by atoms with Gasteiger partial charge in [-0.1, -0.05) is 18.2 Å². The second-order valence-corrected chi connectivity index (χ2v) is 6.47. The summed E-state index contributed by atoms with van der Waals surface area (Å²) in [6.45, 7) is 0. The van der Waals surface area contributed by atoms with Crippen LogP contribution in [0.4, 0.5) is 0 Å². The lowest BCUT2D eigenvalue weighted by Crippen LogP contribution is -2.27. The molecule has 124 valence electrons. The summed E-state index contributed by atoms with van der Waals surface area (Å²) in [6, 6.07) is 12.2. The molecule has 1 saturated carbocycles. The Bertz CT molecular complexity index is 1110. The normalized spacial score (nSPS) is 14.3. The molecule has 0 aliphatic heterocycles. The van der Waals surface area contributed by atoms with Crippen molar-refractivity contribution in [3.63, 3.8) is 0 Å². The van der Waals surface area contributed by atoms with E-state index in [1.807, 2.05) is 29.8 Å². The van der Waals surface area contributed by atoms with Crippen molar-refractivity contribution in [3.05, 3.63) is 54.5 Å². The smallest absolute Gasteiger partial charge is 0.268 e. The first-order valence-electron chi connectivity index (χ1n) is 8.41. The average Bonchev–Trinajstić information content (AvgIpc) is 3.30. The fourth-order valence-corrected chi connectivity index (χ4v) is 3.38. The van der Waals surface area contributed by atoms with E-state index in [2.05, 4.69) is 32.0 Å². The fourth-order valence-electron chi connectivity index (χ4n) is 3.38. The maximum absolute atomic E-state index is 12.8. The third-order valence-electron chi connectivity index (χ3n) is 4.76. The van der Waals surface area contributed by atoms with Gasteiger partial charge in [0.25, 0.3) is 5.91 Å². The highest BCUT2D eigenvalue weighted by Crippen LogP contribution is 2.32. The maximum Gasteiger partial charge on any atom is 0.268 e. The number of fused-ring (bicyclic) bond motifs is 3. The molecule has 0 spiro atoms. The molecule has 4 aromatic rings. The molecule has 3 aromatic heterocycles. The lowest BCUT2D eigenvalue weighted by atomic mass is 10.2. The number of para-hydroxylation sites is 1. The molecule has 1 aliphatic carbocycles. The van der Waals surface area contributed by atoms with Crippen LogP contribution in [0.25, 0.3) is 27.9 Å². The summed E-state index contributed by atoms with van der Waals surface area (Å²) >= 11 is 0. The van der Waals surface area contributed by atoms with E-state index in [1.54, 1.807) is 18.5 Å². The average molecular weight is 331 g/mol. The number of benzene rings is 1. The van der Waals surface area contributed by atoms with Crippen molar-refractivity contribution in [1.82, 2.24) is 24.4 Å². The van der Waals surface area contributed by atoms with Gasteiger partial charge in [-0.2, -0.15) is 0 Å². The first-order chi connectivity index (χ1) is 12.2. The largest absolute Gasteiger partial charge is 0.348 e. The van der Waals surface area contributed by atoms with Crippen LogP contribution in [0.2, 0.25) is 0 Å². The van der Waals surface area contributed by atoms with Gasteiger partial charge in [0, 0.05) is 30.9 Å². The predicted octanol–water partition coefficient (Wildman–Crippen LogP) is 2.80. The Morgan fingerprint density at radius 2 is 1.88 bits per heavy atom. The Labute approximate surface area is 144 Å². The molecule has 1 fully saturated rings. The van der Waals surface area contributed by atoms with Crippen LogP contribution in [0.5, 0.6) is 0 Å². The van der Waals surface area contributed by atoms with E-state index in [-0.39, 0.29) is 5.91 Å². The molecule has 1 aliphatic rings. The molecule has 3 heterocycles. The van der Waals surface area contributed by atoms with Crippen LogP contribution in [0.3, 0.4) is 0 Å². The summed E-state index contributed by atoms with van der Waals surface area (Å²) in [7, 11) is 2.02. The van der Waals surface area contributed by atoms with Crippen molar-refractivity contribution in [1.29, 1.82) is 0 Å². The number of hydrogen-bond acceptors (Lipinski definition) is 3. The zero-order chi connectivity index (χ0) is 17.0. The van der Waals surface area contributed by atoms with Crippen LogP contribution >= 0.6 is 0 Å². The van der Waals surface area contributed by atoms with E-state index in [4.69, 9.17) is 0 Å². The molecule has 1 amide bonds. The van der Waals surface area contributed by atoms with E-state index < -0.39 is 0 Å². The van der Waals surface area contributed by atoms with Crippen molar-refractivity contribution in [3.8, 4) is 5.95 Å². The summed E-state index contributed by atoms with van der Waals surface area (Å²) in [5, 5.41) is 4.16. The van der Waals surface area contributed by atoms with Gasteiger partial charge in [0.05, 0.1) is 16.6 Å². The topological polar surface area (TPSA) is 64.7 Å². The number of carbonyl (C=O) groups is 1. The number of nitrogens with zero attached hydrogens (tertiary/aromatic N) is 4. The molecule has 0 saturated heterocycles. The molecule has 1 aromatic carbocycles. The standard InChI is InChI=1S/C19H17N5O/c1-23-14-6-3-2-5-13(14)17-15(23)11-16(18(25)22-12-7-8-12)24(17)19-20-9-4-10-21-19/h2-6,9-12H,7-8H2,1H3,(H,22,25). The molecule has 5 rings (SSSR count). The molecule has 1 N–H and O–H groups in total. The molecule has 0 atom stereocenters. The molecular weight excluding hydrogens is 314 g/mol. The summed E-state index contributed by atoms with van der Waals surface area (Å²) in [5.41, 5.74) is 3.65. The van der Waals surface area contributed by atoms with Crippen LogP contribution in [-0.4, -0.2) is 31.1 Å². The number of hydrogen-bond donors (Lipinski definition) is 1. The Balaban J connectivity index is 1.84. The lowest BCUT2D eigenvalue weighted by Gasteiger charge is -2.09. The highest BCUT2D eigenvalue weighted by molar-refractivity contribution is 6.10. The molecule has 0 unspecified atom stereocenters. The van der Waals surface area contributed by atoms with E-state index in [0.29, 0.717) is 17.7 Å². The number of amides is 1. The summed E-state index contributed by atoms with van der Waals surface area (Å²) in [4.78, 5) is 21.6. The van der Waals surface area contributed by atoms with Gasteiger partial charge in [-0.25, -0.2) is 9.97 Å². The van der Waals surface area contributed by atoms with E-state index in [1.165, 1.54) is 0 Å². The maximum atomic E-state index is 12.8. The molecule has 6 nitrogen and oxygen atoms in total. The van der Waals surface area contributed by atoms with Gasteiger partial charge >= 0.3 is 0 Å². The number of nitrogens with one attached hydrogen (secondary N) is 1. The third kappa shape index (κ3) is 2.14. The Hall–Kier alpha value is -3.15. The van der Waals surface area contributed by atoms with Crippen molar-refractivity contribution >= 4 is 27.8 Å². The minimum absolute atomic E-state index is 0.0739. The van der Waals surface area contributed by atoms with Crippen LogP contribution in [0.15, 0.2) is 48.8 Å². The molecular formula is C19H17N5O. The van der Waals surface area contributed by atoms with E-state index in [9.17, 15) is 4.79 Å². The van der Waals surface area contributed by atoms with Crippen molar-refractivity contribution in [2.24, 2.45) is 7.05 Å². The summed E-state index contributed by atoms with van der Waals surface area (Å²) in [6.07, 6.45) is 5.50. The predicted molar refractivity (Wildman–Crippen MR) is 95.8 cm³/mol. The summed E-state index contributed by atoms with van der Waals surface area (Å²) < 4.78 is 3.98. The van der Waals surface area contributed by atoms with Gasteiger partial charge in [0.2, 0.25) is 5.95 Å². The molecule has 6 heteroatoms. The minimum atomic E-state index is -0.0739. The first kappa shape index (κ1) is 14.2. The van der Waals surface area contributed by atoms with E-state index in [0.717, 1.165) is 34.8 Å². The SMILES string of the molecule is Cn1c2ccccc2c2c1cc(C(=O)NC1CC1)n2-c1ncccn1. The third-order valence-corrected chi connectivity index (χ3v) is 4.76. The fraction of sp³-hybridized carbons (Fsp3) is 0.211. The van der Waals surface area contributed by atoms with Crippen LogP contribution < -0.4 is 5.32 Å². The second-order valence-electron chi connectivity index (χ2n) is 6.47. The van der Waals surface area contributed by atoms with Gasteiger partial charge in [-0.15, -0.1) is 0 Å². The zero-order valence-corrected chi connectivity index (χ0v) is 13.8. The van der Waals surface area contributed by atoms with Crippen molar-refractivity contribution in [2.75, 3.05) is 0 Å². The zero-order valence-electron chi connectivity index (χ0n) is 13.8. The quantitative estimate of drug-likeness (QED) is 0.628. The van der Waals surface area contributed by atoms with Crippen molar-refractivity contribution in [2.45, 2.75) is 18.9 Å². The van der Waals surface area contributed by atoms with E-state index >= 15 is 0 Å². The number of carbonyl (C=O) groups excluding carboxylic acids is 1. The highest BCUT2D eigenvalue weighted by Gasteiger charge is 2.28. The number of aromatic nitrogens is 4. The second kappa shape index (κ2) is 5.17. The highest BCUT2D eigenvalue weighted by atomic mass is 16.2. The van der Waals surface area contributed by atoms with Gasteiger partial charge in [-0.3, -0.25) is 9.36 Å². The molecule has 0 bridgehead atoms.